The lowest BCUT2D eigenvalue weighted by molar-refractivity contribution is -0.130. The molecule has 0 aliphatic rings. The van der Waals surface area contributed by atoms with Crippen molar-refractivity contribution in [2.24, 2.45) is 0 Å². The maximum atomic E-state index is 12.3. The maximum absolute atomic E-state index is 12.3. The zero-order valence-corrected chi connectivity index (χ0v) is 13.9. The van der Waals surface area contributed by atoms with Crippen molar-refractivity contribution in [2.45, 2.75) is 0 Å². The normalized spacial score (nSPS) is 9.96. The second-order valence-electron chi connectivity index (χ2n) is 5.26. The summed E-state index contributed by atoms with van der Waals surface area (Å²) in [5.74, 6) is 0.685. The van der Waals surface area contributed by atoms with Crippen molar-refractivity contribution in [3.05, 3.63) is 54.1 Å². The largest absolute Gasteiger partial charge is 0.496 e. The quantitative estimate of drug-likeness (QED) is 0.884. The Bertz CT molecular complexity index is 711. The highest BCUT2D eigenvalue weighted by molar-refractivity contribution is 6.06. The first-order valence-electron chi connectivity index (χ1n) is 7.38. The van der Waals surface area contributed by atoms with Gasteiger partial charge in [0.2, 0.25) is 0 Å². The Morgan fingerprint density at radius 1 is 1.04 bits per heavy atom. The van der Waals surface area contributed by atoms with Gasteiger partial charge in [-0.3, -0.25) is 9.59 Å². The minimum atomic E-state index is -0.260. The molecule has 0 atom stereocenters. The van der Waals surface area contributed by atoms with Gasteiger partial charge in [0, 0.05) is 19.8 Å². The van der Waals surface area contributed by atoms with Gasteiger partial charge in [-0.2, -0.15) is 0 Å². The Hall–Kier alpha value is -3.02. The zero-order chi connectivity index (χ0) is 17.5. The fraction of sp³-hybridized carbons (Fsp3) is 0.222. The summed E-state index contributed by atoms with van der Waals surface area (Å²) in [7, 11) is 4.86. The van der Waals surface area contributed by atoms with E-state index in [1.807, 2.05) is 0 Å². The maximum Gasteiger partial charge on any atom is 0.259 e. The van der Waals surface area contributed by atoms with Crippen LogP contribution in [0.15, 0.2) is 48.5 Å². The van der Waals surface area contributed by atoms with E-state index in [-0.39, 0.29) is 18.4 Å². The standard InChI is InChI=1S/C18H20N2O4/c1-20(2)17(21)12-24-14-10-8-13(9-11-14)19-18(22)15-6-4-5-7-16(15)23-3/h4-11H,12H2,1-3H3,(H,19,22). The summed E-state index contributed by atoms with van der Waals surface area (Å²) in [6, 6.07) is 13.8. The molecule has 0 radical (unpaired) electrons. The molecule has 0 aliphatic heterocycles. The van der Waals surface area contributed by atoms with Gasteiger partial charge in [0.25, 0.3) is 11.8 Å². The summed E-state index contributed by atoms with van der Waals surface area (Å²) in [5, 5.41) is 2.79. The fourth-order valence-electron chi connectivity index (χ4n) is 1.94. The molecule has 2 rings (SSSR count). The highest BCUT2D eigenvalue weighted by Crippen LogP contribution is 2.20. The van der Waals surface area contributed by atoms with Gasteiger partial charge in [0.1, 0.15) is 11.5 Å². The van der Waals surface area contributed by atoms with Crippen LogP contribution < -0.4 is 14.8 Å². The molecule has 0 spiro atoms. The summed E-state index contributed by atoms with van der Waals surface area (Å²) >= 11 is 0. The molecular weight excluding hydrogens is 308 g/mol. The highest BCUT2D eigenvalue weighted by Gasteiger charge is 2.11. The molecule has 6 nitrogen and oxygen atoms in total. The van der Waals surface area contributed by atoms with E-state index in [0.717, 1.165) is 0 Å². The van der Waals surface area contributed by atoms with Crippen LogP contribution in [-0.4, -0.2) is 44.5 Å². The van der Waals surface area contributed by atoms with E-state index >= 15 is 0 Å². The number of likely N-dealkylation sites (N-methyl/N-ethyl adjacent to an activating group) is 1. The molecule has 0 heterocycles. The van der Waals surface area contributed by atoms with E-state index in [1.54, 1.807) is 62.6 Å². The van der Waals surface area contributed by atoms with E-state index in [2.05, 4.69) is 5.32 Å². The van der Waals surface area contributed by atoms with Crippen molar-refractivity contribution in [3.8, 4) is 11.5 Å². The molecule has 2 amide bonds. The average Bonchev–Trinajstić information content (AvgIpc) is 2.60. The number of nitrogens with zero attached hydrogens (tertiary/aromatic N) is 1. The molecule has 2 aromatic rings. The van der Waals surface area contributed by atoms with Crippen LogP contribution in [0.2, 0.25) is 0 Å². The first-order valence-corrected chi connectivity index (χ1v) is 7.38. The van der Waals surface area contributed by atoms with Gasteiger partial charge >= 0.3 is 0 Å². The summed E-state index contributed by atoms with van der Waals surface area (Å²) in [5.41, 5.74) is 1.08. The van der Waals surface area contributed by atoms with E-state index in [1.165, 1.54) is 12.0 Å². The number of rotatable bonds is 6. The third kappa shape index (κ3) is 4.49. The van der Waals surface area contributed by atoms with Crippen molar-refractivity contribution in [2.75, 3.05) is 33.1 Å². The van der Waals surface area contributed by atoms with E-state index in [9.17, 15) is 9.59 Å². The third-order valence-electron chi connectivity index (χ3n) is 3.32. The monoisotopic (exact) mass is 328 g/mol. The predicted octanol–water partition coefficient (Wildman–Crippen LogP) is 2.41. The fourth-order valence-corrected chi connectivity index (χ4v) is 1.94. The summed E-state index contributed by atoms with van der Waals surface area (Å²) in [6.07, 6.45) is 0. The number of hydrogen-bond donors (Lipinski definition) is 1. The lowest BCUT2D eigenvalue weighted by Crippen LogP contribution is -2.27. The van der Waals surface area contributed by atoms with Gasteiger partial charge in [-0.15, -0.1) is 0 Å². The minimum absolute atomic E-state index is 0.0279. The lowest BCUT2D eigenvalue weighted by atomic mass is 10.2. The second kappa shape index (κ2) is 8.01. The molecule has 0 unspecified atom stereocenters. The number of anilines is 1. The molecule has 2 aromatic carbocycles. The number of hydrogen-bond acceptors (Lipinski definition) is 4. The van der Waals surface area contributed by atoms with Crippen LogP contribution in [0, 0.1) is 0 Å². The molecule has 0 aromatic heterocycles. The van der Waals surface area contributed by atoms with Gasteiger partial charge in [-0.1, -0.05) is 12.1 Å². The molecule has 0 saturated heterocycles. The summed E-state index contributed by atoms with van der Waals surface area (Å²) < 4.78 is 10.6. The van der Waals surface area contributed by atoms with Crippen LogP contribution in [0.4, 0.5) is 5.69 Å². The Kier molecular flexibility index (Phi) is 5.78. The number of para-hydroxylation sites is 1. The molecule has 0 saturated carbocycles. The SMILES string of the molecule is COc1ccccc1C(=O)Nc1ccc(OCC(=O)N(C)C)cc1. The lowest BCUT2D eigenvalue weighted by Gasteiger charge is -2.12. The molecule has 1 N–H and O–H groups in total. The van der Waals surface area contributed by atoms with E-state index in [0.29, 0.717) is 22.7 Å². The number of benzene rings is 2. The molecule has 126 valence electrons. The van der Waals surface area contributed by atoms with Gasteiger partial charge in [0.05, 0.1) is 12.7 Å². The Labute approximate surface area is 141 Å². The number of nitrogens with one attached hydrogen (secondary N) is 1. The number of methoxy groups -OCH3 is 1. The van der Waals surface area contributed by atoms with Gasteiger partial charge in [0.15, 0.2) is 6.61 Å². The Balaban J connectivity index is 1.98. The Morgan fingerprint density at radius 2 is 1.71 bits per heavy atom. The second-order valence-corrected chi connectivity index (χ2v) is 5.26. The molecule has 0 fully saturated rings. The van der Waals surface area contributed by atoms with Crippen LogP contribution in [0.1, 0.15) is 10.4 Å². The molecule has 0 aliphatic carbocycles. The van der Waals surface area contributed by atoms with Crippen molar-refractivity contribution in [1.29, 1.82) is 0 Å². The molecular formula is C18H20N2O4. The summed E-state index contributed by atoms with van der Waals surface area (Å²) in [4.78, 5) is 25.2. The zero-order valence-electron chi connectivity index (χ0n) is 13.9. The van der Waals surface area contributed by atoms with Gasteiger partial charge in [-0.25, -0.2) is 0 Å². The minimum Gasteiger partial charge on any atom is -0.496 e. The third-order valence-corrected chi connectivity index (χ3v) is 3.32. The smallest absolute Gasteiger partial charge is 0.259 e. The van der Waals surface area contributed by atoms with Crippen molar-refractivity contribution in [1.82, 2.24) is 4.90 Å². The number of ether oxygens (including phenoxy) is 2. The first-order chi connectivity index (χ1) is 11.5. The van der Waals surface area contributed by atoms with Crippen LogP contribution in [0.25, 0.3) is 0 Å². The van der Waals surface area contributed by atoms with Crippen LogP contribution in [0.3, 0.4) is 0 Å². The molecule has 24 heavy (non-hydrogen) atoms. The first kappa shape index (κ1) is 17.3. The van der Waals surface area contributed by atoms with Crippen molar-refractivity contribution >= 4 is 17.5 Å². The van der Waals surface area contributed by atoms with Gasteiger partial charge < -0.3 is 19.7 Å². The van der Waals surface area contributed by atoms with Crippen molar-refractivity contribution in [3.63, 3.8) is 0 Å². The topological polar surface area (TPSA) is 67.9 Å². The van der Waals surface area contributed by atoms with E-state index < -0.39 is 0 Å². The van der Waals surface area contributed by atoms with Crippen molar-refractivity contribution < 1.29 is 19.1 Å². The van der Waals surface area contributed by atoms with Crippen LogP contribution in [0.5, 0.6) is 11.5 Å². The van der Waals surface area contributed by atoms with Gasteiger partial charge in [-0.05, 0) is 36.4 Å². The van der Waals surface area contributed by atoms with Crippen LogP contribution in [-0.2, 0) is 4.79 Å². The van der Waals surface area contributed by atoms with Crippen LogP contribution >= 0.6 is 0 Å². The predicted molar refractivity (Wildman–Crippen MR) is 91.6 cm³/mol. The molecule has 0 bridgehead atoms. The average molecular weight is 328 g/mol. The highest BCUT2D eigenvalue weighted by atomic mass is 16.5. The van der Waals surface area contributed by atoms with E-state index in [4.69, 9.17) is 9.47 Å². The number of carbonyl (C=O) groups is 2. The Morgan fingerprint density at radius 3 is 2.33 bits per heavy atom. The molecule has 6 heteroatoms. The number of amides is 2. The summed E-state index contributed by atoms with van der Waals surface area (Å²) in [6.45, 7) is -0.0279. The number of carbonyl (C=O) groups excluding carboxylic acids is 2.